The van der Waals surface area contributed by atoms with Crippen LogP contribution in [0.3, 0.4) is 0 Å². The summed E-state index contributed by atoms with van der Waals surface area (Å²) in [6.07, 6.45) is 0. The van der Waals surface area contributed by atoms with Crippen LogP contribution in [0.4, 0.5) is 5.69 Å². The molecule has 0 heterocycles. The molecule has 0 fully saturated rings. The van der Waals surface area contributed by atoms with Crippen molar-refractivity contribution >= 4 is 46.4 Å². The maximum Gasteiger partial charge on any atom is 0.257 e. The number of benzene rings is 2. The van der Waals surface area contributed by atoms with Crippen LogP contribution < -0.4 is 16.0 Å². The Morgan fingerprint density at radius 2 is 1.72 bits per heavy atom. The maximum atomic E-state index is 12.1. The lowest BCUT2D eigenvalue weighted by atomic mass is 10.1. The summed E-state index contributed by atoms with van der Waals surface area (Å²) in [4.78, 5) is 24.2. The summed E-state index contributed by atoms with van der Waals surface area (Å²) in [5.74, 6) is -0.750. The van der Waals surface area contributed by atoms with Gasteiger partial charge in [0.25, 0.3) is 11.8 Å². The molecule has 0 unspecified atom stereocenters. The summed E-state index contributed by atoms with van der Waals surface area (Å²) >= 11 is 10.9. The number of aliphatic hydroxyl groups is 1. The highest BCUT2D eigenvalue weighted by Gasteiger charge is 2.13. The third kappa shape index (κ3) is 5.53. The Hall–Kier alpha value is -2.48. The van der Waals surface area contributed by atoms with Crippen LogP contribution in [-0.4, -0.2) is 35.2 Å². The van der Waals surface area contributed by atoms with Gasteiger partial charge in [0.2, 0.25) is 0 Å². The van der Waals surface area contributed by atoms with E-state index in [0.717, 1.165) is 0 Å². The molecule has 0 aliphatic heterocycles. The highest BCUT2D eigenvalue weighted by Crippen LogP contribution is 2.15. The van der Waals surface area contributed by atoms with E-state index in [1.54, 1.807) is 48.5 Å². The minimum absolute atomic E-state index is 0.0577. The van der Waals surface area contributed by atoms with Gasteiger partial charge in [-0.05, 0) is 48.6 Å². The van der Waals surface area contributed by atoms with Crippen molar-refractivity contribution in [2.75, 3.05) is 18.5 Å². The number of halogens is 1. The molecule has 0 aliphatic carbocycles. The van der Waals surface area contributed by atoms with Crippen molar-refractivity contribution in [1.29, 1.82) is 0 Å². The molecule has 0 aromatic heterocycles. The molecule has 8 heteroatoms. The molecule has 0 atom stereocenters. The number of amides is 2. The average Bonchev–Trinajstić information content (AvgIpc) is 2.60. The minimum atomic E-state index is -0.392. The molecule has 4 N–H and O–H groups in total. The monoisotopic (exact) mass is 377 g/mol. The molecule has 25 heavy (non-hydrogen) atoms. The van der Waals surface area contributed by atoms with Gasteiger partial charge in [-0.15, -0.1) is 0 Å². The van der Waals surface area contributed by atoms with E-state index in [0.29, 0.717) is 21.8 Å². The lowest BCUT2D eigenvalue weighted by Crippen LogP contribution is -2.35. The second-order valence-electron chi connectivity index (χ2n) is 4.94. The smallest absolute Gasteiger partial charge is 0.257 e. The zero-order valence-electron chi connectivity index (χ0n) is 13.1. The van der Waals surface area contributed by atoms with Crippen molar-refractivity contribution in [2.45, 2.75) is 0 Å². The number of nitrogens with one attached hydrogen (secondary N) is 3. The third-order valence-electron chi connectivity index (χ3n) is 3.15. The number of hydrogen-bond acceptors (Lipinski definition) is 4. The van der Waals surface area contributed by atoms with Crippen molar-refractivity contribution in [3.05, 3.63) is 64.7 Å². The van der Waals surface area contributed by atoms with Gasteiger partial charge in [-0.3, -0.25) is 14.9 Å². The van der Waals surface area contributed by atoms with E-state index in [1.807, 2.05) is 0 Å². The van der Waals surface area contributed by atoms with Crippen molar-refractivity contribution in [2.24, 2.45) is 0 Å². The van der Waals surface area contributed by atoms with Gasteiger partial charge in [-0.2, -0.15) is 0 Å². The molecule has 0 aliphatic rings. The molecule has 0 saturated carbocycles. The first-order chi connectivity index (χ1) is 12.0. The number of carbonyl (C=O) groups excluding carboxylic acids is 2. The summed E-state index contributed by atoms with van der Waals surface area (Å²) in [5.41, 5.74) is 1.20. The Morgan fingerprint density at radius 3 is 2.40 bits per heavy atom. The van der Waals surface area contributed by atoms with Crippen molar-refractivity contribution in [1.82, 2.24) is 10.6 Å². The van der Waals surface area contributed by atoms with Gasteiger partial charge < -0.3 is 15.7 Å². The van der Waals surface area contributed by atoms with E-state index in [9.17, 15) is 9.59 Å². The molecule has 0 bridgehead atoms. The summed E-state index contributed by atoms with van der Waals surface area (Å²) < 4.78 is 0. The maximum absolute atomic E-state index is 12.1. The number of para-hydroxylation sites is 1. The van der Waals surface area contributed by atoms with Crippen molar-refractivity contribution < 1.29 is 14.7 Å². The predicted octanol–water partition coefficient (Wildman–Crippen LogP) is 2.19. The summed E-state index contributed by atoms with van der Waals surface area (Å²) in [5, 5.41) is 17.3. The van der Waals surface area contributed by atoms with E-state index in [-0.39, 0.29) is 24.2 Å². The number of anilines is 1. The van der Waals surface area contributed by atoms with Crippen molar-refractivity contribution in [3.63, 3.8) is 0 Å². The van der Waals surface area contributed by atoms with Crippen LogP contribution >= 0.6 is 23.8 Å². The van der Waals surface area contributed by atoms with E-state index >= 15 is 0 Å². The molecule has 0 saturated heterocycles. The molecule has 2 aromatic rings. The second-order valence-corrected chi connectivity index (χ2v) is 5.78. The molecule has 0 radical (unpaired) electrons. The first-order valence-electron chi connectivity index (χ1n) is 7.37. The van der Waals surface area contributed by atoms with Crippen LogP contribution in [0.5, 0.6) is 0 Å². The number of carbonyl (C=O) groups is 2. The van der Waals surface area contributed by atoms with Crippen LogP contribution in [0.25, 0.3) is 0 Å². The molecule has 130 valence electrons. The fourth-order valence-electron chi connectivity index (χ4n) is 1.98. The van der Waals surface area contributed by atoms with Gasteiger partial charge >= 0.3 is 0 Å². The van der Waals surface area contributed by atoms with Gasteiger partial charge in [0.05, 0.1) is 17.9 Å². The SMILES string of the molecule is O=C(NC(=S)Nc1ccccc1C(=O)NCCO)c1ccc(Cl)cc1. The fraction of sp³-hybridized carbons (Fsp3) is 0.118. The van der Waals surface area contributed by atoms with Gasteiger partial charge in [0.15, 0.2) is 5.11 Å². The van der Waals surface area contributed by atoms with E-state index in [4.69, 9.17) is 28.9 Å². The second kappa shape index (κ2) is 9.12. The number of rotatable bonds is 5. The van der Waals surface area contributed by atoms with Gasteiger partial charge in [0.1, 0.15) is 0 Å². The van der Waals surface area contributed by atoms with Gasteiger partial charge in [-0.25, -0.2) is 0 Å². The minimum Gasteiger partial charge on any atom is -0.395 e. The number of hydrogen-bond donors (Lipinski definition) is 4. The quantitative estimate of drug-likeness (QED) is 0.600. The summed E-state index contributed by atoms with van der Waals surface area (Å²) in [6, 6.07) is 13.1. The Balaban J connectivity index is 2.04. The molecule has 2 aromatic carbocycles. The molecular formula is C17H16ClN3O3S. The lowest BCUT2D eigenvalue weighted by Gasteiger charge is -2.13. The Kier molecular flexibility index (Phi) is 6.88. The van der Waals surface area contributed by atoms with Crippen LogP contribution in [0, 0.1) is 0 Å². The Labute approximate surface area is 155 Å². The standard InChI is InChI=1S/C17H16ClN3O3S/c18-12-7-5-11(6-8-12)15(23)21-17(25)20-14-4-2-1-3-13(14)16(24)19-9-10-22/h1-8,22H,9-10H2,(H,19,24)(H2,20,21,23,25). The fourth-order valence-corrected chi connectivity index (χ4v) is 2.31. The molecule has 6 nitrogen and oxygen atoms in total. The summed E-state index contributed by atoms with van der Waals surface area (Å²) in [6.45, 7) is -0.0121. The van der Waals surface area contributed by atoms with Crippen LogP contribution in [0.1, 0.15) is 20.7 Å². The average molecular weight is 378 g/mol. The lowest BCUT2D eigenvalue weighted by molar-refractivity contribution is 0.0944. The highest BCUT2D eigenvalue weighted by molar-refractivity contribution is 7.80. The zero-order chi connectivity index (χ0) is 18.2. The van der Waals surface area contributed by atoms with Gasteiger partial charge in [-0.1, -0.05) is 23.7 Å². The van der Waals surface area contributed by atoms with E-state index in [1.165, 1.54) is 0 Å². The molecule has 2 rings (SSSR count). The third-order valence-corrected chi connectivity index (χ3v) is 3.61. The zero-order valence-corrected chi connectivity index (χ0v) is 14.7. The van der Waals surface area contributed by atoms with Crippen LogP contribution in [-0.2, 0) is 0 Å². The first-order valence-corrected chi connectivity index (χ1v) is 8.16. The molecular weight excluding hydrogens is 362 g/mol. The van der Waals surface area contributed by atoms with E-state index < -0.39 is 5.91 Å². The topological polar surface area (TPSA) is 90.5 Å². The predicted molar refractivity (Wildman–Crippen MR) is 101 cm³/mol. The van der Waals surface area contributed by atoms with Gasteiger partial charge in [0, 0.05) is 17.1 Å². The first kappa shape index (κ1) is 18.9. The van der Waals surface area contributed by atoms with E-state index in [2.05, 4.69) is 16.0 Å². The Morgan fingerprint density at radius 1 is 1.04 bits per heavy atom. The van der Waals surface area contributed by atoms with Crippen LogP contribution in [0.15, 0.2) is 48.5 Å². The highest BCUT2D eigenvalue weighted by atomic mass is 35.5. The summed E-state index contributed by atoms with van der Waals surface area (Å²) in [7, 11) is 0. The van der Waals surface area contributed by atoms with Crippen molar-refractivity contribution in [3.8, 4) is 0 Å². The largest absolute Gasteiger partial charge is 0.395 e. The van der Waals surface area contributed by atoms with Crippen LogP contribution in [0.2, 0.25) is 5.02 Å². The number of aliphatic hydroxyl groups excluding tert-OH is 1. The number of thiocarbonyl (C=S) groups is 1. The molecule has 2 amide bonds. The normalized spacial score (nSPS) is 10.0. The Bertz CT molecular complexity index is 781. The molecule has 0 spiro atoms.